The van der Waals surface area contributed by atoms with Gasteiger partial charge in [0, 0.05) is 13.1 Å². The summed E-state index contributed by atoms with van der Waals surface area (Å²) in [5.74, 6) is -1.57. The van der Waals surface area contributed by atoms with Crippen molar-refractivity contribution in [2.45, 2.75) is 17.9 Å². The maximum atomic E-state index is 12.7. The maximum Gasteiger partial charge on any atom is 0.346 e. The highest BCUT2D eigenvalue weighted by atomic mass is 35.5. The molecule has 0 bridgehead atoms. The normalized spacial score (nSPS) is 16.9. The van der Waals surface area contributed by atoms with Crippen molar-refractivity contribution in [3.8, 4) is 0 Å². The van der Waals surface area contributed by atoms with E-state index in [1.54, 1.807) is 0 Å². The predicted molar refractivity (Wildman–Crippen MR) is 87.9 cm³/mol. The minimum atomic E-state index is -3.88. The lowest BCUT2D eigenvalue weighted by atomic mass is 10.2. The van der Waals surface area contributed by atoms with Crippen molar-refractivity contribution in [2.75, 3.05) is 33.4 Å². The number of methoxy groups -OCH3 is 1. The third-order valence-electron chi connectivity index (χ3n) is 3.57. The quantitative estimate of drug-likeness (QED) is 0.692. The summed E-state index contributed by atoms with van der Waals surface area (Å²) in [4.78, 5) is 23.3. The molecule has 1 aliphatic heterocycles. The fraction of sp³-hybridized carbons (Fsp3) is 0.467. The second-order valence-corrected chi connectivity index (χ2v) is 7.55. The molecule has 0 spiro atoms. The summed E-state index contributed by atoms with van der Waals surface area (Å²) >= 11 is 6.02. The Morgan fingerprint density at radius 1 is 1.28 bits per heavy atom. The molecule has 138 valence electrons. The lowest BCUT2D eigenvalue weighted by Crippen LogP contribution is -2.40. The average Bonchev–Trinajstić information content (AvgIpc) is 2.61. The molecule has 0 aromatic heterocycles. The zero-order valence-corrected chi connectivity index (χ0v) is 15.3. The molecule has 1 saturated heterocycles. The van der Waals surface area contributed by atoms with Gasteiger partial charge in [0.25, 0.3) is 0 Å². The summed E-state index contributed by atoms with van der Waals surface area (Å²) in [5.41, 5.74) is -0.0352. The summed E-state index contributed by atoms with van der Waals surface area (Å²) in [5, 5.41) is -0.0101. The number of carbonyl (C=O) groups excluding carboxylic acids is 2. The Balaban J connectivity index is 2.28. The van der Waals surface area contributed by atoms with Gasteiger partial charge < -0.3 is 14.2 Å². The molecule has 1 aromatic rings. The Labute approximate surface area is 150 Å². The number of sulfonamides is 1. The van der Waals surface area contributed by atoms with Gasteiger partial charge in [-0.1, -0.05) is 11.6 Å². The van der Waals surface area contributed by atoms with Crippen LogP contribution in [0, 0.1) is 0 Å². The molecule has 1 aromatic carbocycles. The van der Waals surface area contributed by atoms with E-state index in [2.05, 4.69) is 4.74 Å². The van der Waals surface area contributed by atoms with Gasteiger partial charge in [-0.25, -0.2) is 18.0 Å². The largest absolute Gasteiger partial charge is 0.466 e. The van der Waals surface area contributed by atoms with E-state index in [4.69, 9.17) is 21.1 Å². The first-order chi connectivity index (χ1) is 11.8. The average molecular weight is 392 g/mol. The zero-order valence-electron chi connectivity index (χ0n) is 13.7. The molecule has 0 amide bonds. The summed E-state index contributed by atoms with van der Waals surface area (Å²) in [6.45, 7) is 2.33. The van der Waals surface area contributed by atoms with Crippen LogP contribution < -0.4 is 0 Å². The number of esters is 2. The second kappa shape index (κ2) is 8.13. The molecule has 0 N–H and O–H groups in total. The third-order valence-corrected chi connectivity index (χ3v) is 5.95. The first kappa shape index (κ1) is 19.6. The van der Waals surface area contributed by atoms with Crippen molar-refractivity contribution in [2.24, 2.45) is 0 Å². The first-order valence-electron chi connectivity index (χ1n) is 7.43. The van der Waals surface area contributed by atoms with Crippen molar-refractivity contribution in [1.29, 1.82) is 0 Å². The van der Waals surface area contributed by atoms with E-state index in [0.717, 1.165) is 6.07 Å². The minimum Gasteiger partial charge on any atom is -0.466 e. The molecule has 1 heterocycles. The molecule has 1 aliphatic rings. The monoisotopic (exact) mass is 391 g/mol. The Bertz CT molecular complexity index is 759. The van der Waals surface area contributed by atoms with Crippen molar-refractivity contribution in [1.82, 2.24) is 4.31 Å². The van der Waals surface area contributed by atoms with E-state index in [1.165, 1.54) is 30.5 Å². The highest BCUT2D eigenvalue weighted by Gasteiger charge is 2.29. The summed E-state index contributed by atoms with van der Waals surface area (Å²) in [6.07, 6.45) is -1.12. The fourth-order valence-corrected chi connectivity index (χ4v) is 4.11. The summed E-state index contributed by atoms with van der Waals surface area (Å²) in [7, 11) is -2.71. The molecule has 0 aliphatic carbocycles. The van der Waals surface area contributed by atoms with E-state index in [9.17, 15) is 18.0 Å². The smallest absolute Gasteiger partial charge is 0.346 e. The molecule has 2 rings (SSSR count). The molecule has 10 heteroatoms. The van der Waals surface area contributed by atoms with Crippen LogP contribution in [0.25, 0.3) is 0 Å². The molecule has 1 fully saturated rings. The number of benzene rings is 1. The van der Waals surface area contributed by atoms with E-state index in [1.807, 2.05) is 0 Å². The molecule has 25 heavy (non-hydrogen) atoms. The van der Waals surface area contributed by atoms with Gasteiger partial charge in [0.05, 0.1) is 30.9 Å². The minimum absolute atomic E-state index is 0.0101. The van der Waals surface area contributed by atoms with Crippen LogP contribution in [0.1, 0.15) is 17.3 Å². The van der Waals surface area contributed by atoms with Gasteiger partial charge in [-0.2, -0.15) is 4.31 Å². The van der Waals surface area contributed by atoms with Crippen molar-refractivity contribution < 1.29 is 32.2 Å². The second-order valence-electron chi connectivity index (χ2n) is 5.23. The van der Waals surface area contributed by atoms with Crippen LogP contribution in [0.4, 0.5) is 0 Å². The number of morpholine rings is 1. The topological polar surface area (TPSA) is 99.2 Å². The molecule has 0 radical (unpaired) electrons. The Hall–Kier alpha value is -1.68. The summed E-state index contributed by atoms with van der Waals surface area (Å²) < 4.78 is 41.3. The lowest BCUT2D eigenvalue weighted by molar-refractivity contribution is -0.149. The van der Waals surface area contributed by atoms with Crippen molar-refractivity contribution >= 4 is 33.6 Å². The van der Waals surface area contributed by atoms with Crippen LogP contribution in [0.15, 0.2) is 23.1 Å². The molecule has 1 atom stereocenters. The van der Waals surface area contributed by atoms with E-state index in [0.29, 0.717) is 0 Å². The number of hydrogen-bond donors (Lipinski definition) is 0. The molecule has 1 unspecified atom stereocenters. The van der Waals surface area contributed by atoms with Gasteiger partial charge in [-0.15, -0.1) is 0 Å². The highest BCUT2D eigenvalue weighted by molar-refractivity contribution is 7.89. The number of rotatable bonds is 5. The molecule has 0 saturated carbocycles. The van der Waals surface area contributed by atoms with E-state index in [-0.39, 0.29) is 41.8 Å². The molecular formula is C15H18ClNO7S. The van der Waals surface area contributed by atoms with Crippen LogP contribution in [0.2, 0.25) is 5.02 Å². The number of ether oxygens (including phenoxy) is 3. The van der Waals surface area contributed by atoms with E-state index >= 15 is 0 Å². The fourth-order valence-electron chi connectivity index (χ4n) is 2.20. The van der Waals surface area contributed by atoms with Crippen LogP contribution in [0.5, 0.6) is 0 Å². The number of nitrogens with zero attached hydrogens (tertiary/aromatic N) is 1. The van der Waals surface area contributed by atoms with Gasteiger partial charge in [-0.05, 0) is 25.1 Å². The summed E-state index contributed by atoms with van der Waals surface area (Å²) in [6, 6.07) is 3.76. The predicted octanol–water partition coefficient (Wildman–Crippen LogP) is 1.08. The number of carbonyl (C=O) groups is 2. The Morgan fingerprint density at radius 2 is 1.92 bits per heavy atom. The van der Waals surface area contributed by atoms with Crippen molar-refractivity contribution in [3.05, 3.63) is 28.8 Å². The molecular weight excluding hydrogens is 374 g/mol. The van der Waals surface area contributed by atoms with Gasteiger partial charge in [-0.3, -0.25) is 0 Å². The lowest BCUT2D eigenvalue weighted by Gasteiger charge is -2.26. The zero-order chi connectivity index (χ0) is 18.6. The molecule has 8 nitrogen and oxygen atoms in total. The first-order valence-corrected chi connectivity index (χ1v) is 9.25. The van der Waals surface area contributed by atoms with Gasteiger partial charge in [0.15, 0.2) is 6.10 Å². The van der Waals surface area contributed by atoms with Crippen LogP contribution in [0.3, 0.4) is 0 Å². The number of halogens is 1. The van der Waals surface area contributed by atoms with Gasteiger partial charge >= 0.3 is 11.9 Å². The van der Waals surface area contributed by atoms with Crippen molar-refractivity contribution in [3.63, 3.8) is 0 Å². The standard InChI is InChI=1S/C15H18ClNO7S/c1-10(14(18)22-2)24-15(19)11-3-4-12(16)13(9-11)25(20,21)17-5-7-23-8-6-17/h3-4,9-10H,5-8H2,1-2H3. The SMILES string of the molecule is COC(=O)C(C)OC(=O)c1ccc(Cl)c(S(=O)(=O)N2CCOCC2)c1. The Kier molecular flexibility index (Phi) is 6.39. The van der Waals surface area contributed by atoms with Crippen LogP contribution in [-0.2, 0) is 29.0 Å². The third kappa shape index (κ3) is 4.49. The maximum absolute atomic E-state index is 12.7. The van der Waals surface area contributed by atoms with Crippen LogP contribution in [-0.4, -0.2) is 64.2 Å². The van der Waals surface area contributed by atoms with Crippen LogP contribution >= 0.6 is 11.6 Å². The Morgan fingerprint density at radius 3 is 2.52 bits per heavy atom. The highest BCUT2D eigenvalue weighted by Crippen LogP contribution is 2.27. The van der Waals surface area contributed by atoms with E-state index < -0.39 is 28.1 Å². The van der Waals surface area contributed by atoms with Gasteiger partial charge in [0.1, 0.15) is 4.90 Å². The van der Waals surface area contributed by atoms with Gasteiger partial charge in [0.2, 0.25) is 10.0 Å². The number of hydrogen-bond acceptors (Lipinski definition) is 7.